The van der Waals surface area contributed by atoms with E-state index in [0.29, 0.717) is 25.1 Å². The molecular weight excluding hydrogens is 341 g/mol. The lowest BCUT2D eigenvalue weighted by atomic mass is 9.91. The molecule has 0 saturated carbocycles. The SMILES string of the molecule is O=C(O)[C@H]1CNC[C@@H](CN/N=C/c2sccc2-c2ccccc2F)C1. The van der Waals surface area contributed by atoms with Crippen LogP contribution in [-0.4, -0.2) is 36.9 Å². The standard InChI is InChI=1S/C18H20FN3O2S/c19-16-4-2-1-3-14(16)15-5-6-25-17(15)11-22-21-9-12-7-13(18(23)24)10-20-8-12/h1-6,11-13,20-21H,7-10H2,(H,23,24)/b22-11+/t12-,13+/m0/s1. The van der Waals surface area contributed by atoms with Gasteiger partial charge in [-0.15, -0.1) is 11.3 Å². The maximum absolute atomic E-state index is 14.0. The molecule has 132 valence electrons. The van der Waals surface area contributed by atoms with E-state index in [4.69, 9.17) is 5.11 Å². The maximum Gasteiger partial charge on any atom is 0.307 e. The quantitative estimate of drug-likeness (QED) is 0.546. The Labute approximate surface area is 149 Å². The molecule has 5 nitrogen and oxygen atoms in total. The number of benzene rings is 1. The predicted molar refractivity (Wildman–Crippen MR) is 97.4 cm³/mol. The molecule has 0 bridgehead atoms. The van der Waals surface area contributed by atoms with E-state index in [9.17, 15) is 9.18 Å². The first-order chi connectivity index (χ1) is 12.1. The van der Waals surface area contributed by atoms with Gasteiger partial charge in [-0.1, -0.05) is 18.2 Å². The van der Waals surface area contributed by atoms with Crippen LogP contribution in [0.4, 0.5) is 4.39 Å². The molecule has 7 heteroatoms. The highest BCUT2D eigenvalue weighted by molar-refractivity contribution is 7.12. The molecule has 1 aliphatic heterocycles. The van der Waals surface area contributed by atoms with Crippen LogP contribution in [0.25, 0.3) is 11.1 Å². The topological polar surface area (TPSA) is 73.7 Å². The molecule has 25 heavy (non-hydrogen) atoms. The molecular formula is C18H20FN3O2S. The second-order valence-electron chi connectivity index (χ2n) is 6.09. The summed E-state index contributed by atoms with van der Waals surface area (Å²) in [6.45, 7) is 1.91. The lowest BCUT2D eigenvalue weighted by Crippen LogP contribution is -2.42. The molecule has 1 aromatic carbocycles. The van der Waals surface area contributed by atoms with E-state index in [1.54, 1.807) is 18.3 Å². The Morgan fingerprint density at radius 2 is 2.20 bits per heavy atom. The van der Waals surface area contributed by atoms with Crippen molar-refractivity contribution in [2.75, 3.05) is 19.6 Å². The molecule has 3 rings (SSSR count). The highest BCUT2D eigenvalue weighted by atomic mass is 32.1. The van der Waals surface area contributed by atoms with E-state index in [0.717, 1.165) is 17.0 Å². The fourth-order valence-corrected chi connectivity index (χ4v) is 3.75. The van der Waals surface area contributed by atoms with Gasteiger partial charge < -0.3 is 15.8 Å². The van der Waals surface area contributed by atoms with Gasteiger partial charge in [-0.25, -0.2) is 4.39 Å². The minimum atomic E-state index is -0.756. The van der Waals surface area contributed by atoms with E-state index in [2.05, 4.69) is 15.8 Å². The zero-order valence-electron chi connectivity index (χ0n) is 13.6. The third-order valence-electron chi connectivity index (χ3n) is 4.30. The number of thiophene rings is 1. The van der Waals surface area contributed by atoms with Crippen LogP contribution in [0.5, 0.6) is 0 Å². The van der Waals surface area contributed by atoms with Crippen LogP contribution in [0.15, 0.2) is 40.8 Å². The van der Waals surface area contributed by atoms with E-state index in [1.807, 2.05) is 17.5 Å². The molecule has 1 aliphatic rings. The van der Waals surface area contributed by atoms with E-state index >= 15 is 0 Å². The minimum Gasteiger partial charge on any atom is -0.481 e. The van der Waals surface area contributed by atoms with Crippen LogP contribution in [0.1, 0.15) is 11.3 Å². The van der Waals surface area contributed by atoms with Gasteiger partial charge in [0.05, 0.1) is 17.0 Å². The van der Waals surface area contributed by atoms with Crippen molar-refractivity contribution in [2.24, 2.45) is 16.9 Å². The molecule has 2 aromatic rings. The lowest BCUT2D eigenvalue weighted by molar-refractivity contribution is -0.142. The Morgan fingerprint density at radius 3 is 3.00 bits per heavy atom. The van der Waals surface area contributed by atoms with Gasteiger partial charge in [0.15, 0.2) is 0 Å². The molecule has 0 amide bonds. The normalized spacial score (nSPS) is 20.7. The molecule has 1 saturated heterocycles. The Hall–Kier alpha value is -2.25. The van der Waals surface area contributed by atoms with Crippen LogP contribution in [-0.2, 0) is 4.79 Å². The van der Waals surface area contributed by atoms with Crippen molar-refractivity contribution in [3.8, 4) is 11.1 Å². The molecule has 0 radical (unpaired) electrons. The van der Waals surface area contributed by atoms with E-state index in [1.165, 1.54) is 17.4 Å². The van der Waals surface area contributed by atoms with Crippen LogP contribution in [0, 0.1) is 17.7 Å². The number of aliphatic carboxylic acids is 1. The maximum atomic E-state index is 14.0. The molecule has 2 heterocycles. The van der Waals surface area contributed by atoms with Crippen molar-refractivity contribution >= 4 is 23.5 Å². The van der Waals surface area contributed by atoms with Crippen LogP contribution in [0.3, 0.4) is 0 Å². The number of hydrazone groups is 1. The van der Waals surface area contributed by atoms with Gasteiger partial charge in [-0.05, 0) is 36.4 Å². The number of hydrogen-bond donors (Lipinski definition) is 3. The summed E-state index contributed by atoms with van der Waals surface area (Å²) in [6, 6.07) is 8.56. The zero-order chi connectivity index (χ0) is 17.6. The molecule has 0 spiro atoms. The Bertz CT molecular complexity index is 762. The molecule has 2 atom stereocenters. The summed E-state index contributed by atoms with van der Waals surface area (Å²) in [5.74, 6) is -1.12. The number of hydrogen-bond acceptors (Lipinski definition) is 5. The predicted octanol–water partition coefficient (Wildman–Crippen LogP) is 2.79. The summed E-state index contributed by atoms with van der Waals surface area (Å²) in [6.07, 6.45) is 2.34. The fraction of sp³-hybridized carbons (Fsp3) is 0.333. The van der Waals surface area contributed by atoms with Crippen molar-refractivity contribution in [1.29, 1.82) is 0 Å². The second kappa shape index (κ2) is 8.22. The van der Waals surface area contributed by atoms with Crippen LogP contribution >= 0.6 is 11.3 Å². The Morgan fingerprint density at radius 1 is 1.36 bits per heavy atom. The Balaban J connectivity index is 1.58. The zero-order valence-corrected chi connectivity index (χ0v) is 14.4. The first kappa shape index (κ1) is 17.6. The summed E-state index contributed by atoms with van der Waals surface area (Å²) < 4.78 is 14.0. The van der Waals surface area contributed by atoms with Gasteiger partial charge in [0.1, 0.15) is 5.82 Å². The molecule has 0 aliphatic carbocycles. The van der Waals surface area contributed by atoms with Gasteiger partial charge in [0, 0.05) is 24.2 Å². The summed E-state index contributed by atoms with van der Waals surface area (Å²) in [5.41, 5.74) is 4.38. The Kier molecular flexibility index (Phi) is 5.78. The van der Waals surface area contributed by atoms with Gasteiger partial charge >= 0.3 is 5.97 Å². The number of nitrogens with zero attached hydrogens (tertiary/aromatic N) is 1. The van der Waals surface area contributed by atoms with Crippen molar-refractivity contribution in [3.63, 3.8) is 0 Å². The number of rotatable bonds is 6. The van der Waals surface area contributed by atoms with Gasteiger partial charge in [-0.2, -0.15) is 5.10 Å². The van der Waals surface area contributed by atoms with Crippen LogP contribution < -0.4 is 10.7 Å². The van der Waals surface area contributed by atoms with Crippen molar-refractivity contribution in [2.45, 2.75) is 6.42 Å². The molecule has 1 aromatic heterocycles. The number of carboxylic acids is 1. The second-order valence-corrected chi connectivity index (χ2v) is 7.04. The highest BCUT2D eigenvalue weighted by Gasteiger charge is 2.26. The van der Waals surface area contributed by atoms with Gasteiger partial charge in [0.2, 0.25) is 0 Å². The third kappa shape index (κ3) is 4.43. The highest BCUT2D eigenvalue weighted by Crippen LogP contribution is 2.29. The molecule has 3 N–H and O–H groups in total. The average Bonchev–Trinajstić information content (AvgIpc) is 3.07. The summed E-state index contributed by atoms with van der Waals surface area (Å²) in [5, 5.41) is 18.4. The summed E-state index contributed by atoms with van der Waals surface area (Å²) in [4.78, 5) is 11.9. The number of carbonyl (C=O) groups is 1. The third-order valence-corrected chi connectivity index (χ3v) is 5.15. The summed E-state index contributed by atoms with van der Waals surface area (Å²) >= 11 is 1.50. The lowest BCUT2D eigenvalue weighted by Gasteiger charge is -2.27. The first-order valence-corrected chi connectivity index (χ1v) is 9.05. The van der Waals surface area contributed by atoms with Crippen molar-refractivity contribution < 1.29 is 14.3 Å². The summed E-state index contributed by atoms with van der Waals surface area (Å²) in [7, 11) is 0. The van der Waals surface area contributed by atoms with Crippen molar-refractivity contribution in [1.82, 2.24) is 10.7 Å². The number of piperidine rings is 1. The largest absolute Gasteiger partial charge is 0.481 e. The molecule has 0 unspecified atom stereocenters. The van der Waals surface area contributed by atoms with Crippen molar-refractivity contribution in [3.05, 3.63) is 46.4 Å². The number of carboxylic acid groups (broad SMARTS) is 1. The average molecular weight is 361 g/mol. The smallest absolute Gasteiger partial charge is 0.307 e. The monoisotopic (exact) mass is 361 g/mol. The van der Waals surface area contributed by atoms with Gasteiger partial charge in [0.25, 0.3) is 0 Å². The minimum absolute atomic E-state index is 0.223. The van der Waals surface area contributed by atoms with Crippen LogP contribution in [0.2, 0.25) is 0 Å². The van der Waals surface area contributed by atoms with E-state index in [-0.39, 0.29) is 17.7 Å². The molecule has 1 fully saturated rings. The van der Waals surface area contributed by atoms with E-state index < -0.39 is 5.97 Å². The number of halogens is 1. The fourth-order valence-electron chi connectivity index (χ4n) is 2.98. The number of nitrogens with one attached hydrogen (secondary N) is 2. The van der Waals surface area contributed by atoms with Gasteiger partial charge in [-0.3, -0.25) is 4.79 Å². The first-order valence-electron chi connectivity index (χ1n) is 8.17.